The van der Waals surface area contributed by atoms with Crippen LogP contribution in [0.25, 0.3) is 0 Å². The molecule has 0 atom stereocenters. The van der Waals surface area contributed by atoms with Gasteiger partial charge >= 0.3 is 0 Å². The number of benzene rings is 2. The lowest BCUT2D eigenvalue weighted by atomic mass is 10.1. The fraction of sp³-hybridized carbons (Fsp3) is 0.300. The topological polar surface area (TPSA) is 49.4 Å². The van der Waals surface area contributed by atoms with Gasteiger partial charge in [-0.15, -0.1) is 0 Å². The number of anilines is 1. The quantitative estimate of drug-likeness (QED) is 0.815. The van der Waals surface area contributed by atoms with E-state index in [-0.39, 0.29) is 18.4 Å². The number of hydrogen-bond acceptors (Lipinski definition) is 2. The Labute approximate surface area is 153 Å². The first kappa shape index (κ1) is 19.0. The lowest BCUT2D eigenvalue weighted by Crippen LogP contribution is -2.35. The Bertz CT molecular complexity index is 746. The van der Waals surface area contributed by atoms with Gasteiger partial charge in [0.1, 0.15) is 0 Å². The van der Waals surface area contributed by atoms with E-state index < -0.39 is 0 Å². The molecular formula is C20H23ClN2O2. The Morgan fingerprint density at radius 1 is 1.04 bits per heavy atom. The maximum absolute atomic E-state index is 12.2. The molecule has 2 rings (SSSR count). The maximum atomic E-state index is 12.2. The van der Waals surface area contributed by atoms with E-state index in [0.717, 1.165) is 23.2 Å². The summed E-state index contributed by atoms with van der Waals surface area (Å²) >= 11 is 6.10. The zero-order valence-corrected chi connectivity index (χ0v) is 15.3. The summed E-state index contributed by atoms with van der Waals surface area (Å²) in [5.74, 6) is -0.284. The fourth-order valence-electron chi connectivity index (χ4n) is 2.58. The minimum atomic E-state index is -0.200. The van der Waals surface area contributed by atoms with E-state index in [0.29, 0.717) is 17.9 Å². The second-order valence-corrected chi connectivity index (χ2v) is 6.31. The number of carbonyl (C=O) groups excluding carboxylic acids is 2. The molecule has 0 aliphatic carbocycles. The molecule has 0 aromatic heterocycles. The average molecular weight is 359 g/mol. The van der Waals surface area contributed by atoms with Crippen LogP contribution < -0.4 is 5.32 Å². The van der Waals surface area contributed by atoms with E-state index in [1.165, 1.54) is 4.90 Å². The Morgan fingerprint density at radius 2 is 1.68 bits per heavy atom. The molecule has 0 aliphatic heterocycles. The lowest BCUT2D eigenvalue weighted by molar-refractivity contribution is -0.133. The SMILES string of the molecule is CCc1ccccc1NC(=O)CN(C)C(=O)CCc1ccccc1Cl. The Balaban J connectivity index is 1.86. The van der Waals surface area contributed by atoms with Crippen LogP contribution in [-0.4, -0.2) is 30.3 Å². The van der Waals surface area contributed by atoms with Crippen LogP contribution in [0.2, 0.25) is 5.02 Å². The Morgan fingerprint density at radius 3 is 2.36 bits per heavy atom. The van der Waals surface area contributed by atoms with Gasteiger partial charge in [0.2, 0.25) is 11.8 Å². The number of hydrogen-bond donors (Lipinski definition) is 1. The van der Waals surface area contributed by atoms with Crippen molar-refractivity contribution in [3.8, 4) is 0 Å². The van der Waals surface area contributed by atoms with Crippen LogP contribution in [0, 0.1) is 0 Å². The van der Waals surface area contributed by atoms with Gasteiger partial charge in [0.05, 0.1) is 6.54 Å². The molecule has 0 radical (unpaired) electrons. The number of nitrogens with one attached hydrogen (secondary N) is 1. The second-order valence-electron chi connectivity index (χ2n) is 5.90. The van der Waals surface area contributed by atoms with Crippen LogP contribution in [0.3, 0.4) is 0 Å². The third-order valence-electron chi connectivity index (χ3n) is 4.04. The van der Waals surface area contributed by atoms with Gasteiger partial charge < -0.3 is 10.2 Å². The number of nitrogens with zero attached hydrogens (tertiary/aromatic N) is 1. The number of amides is 2. The minimum absolute atomic E-state index is 0.0272. The Kier molecular flexibility index (Phi) is 7.02. The van der Waals surface area contributed by atoms with E-state index in [2.05, 4.69) is 5.32 Å². The molecule has 2 aromatic rings. The van der Waals surface area contributed by atoms with Crippen LogP contribution in [-0.2, 0) is 22.4 Å². The summed E-state index contributed by atoms with van der Waals surface area (Å²) in [6.07, 6.45) is 1.71. The molecule has 0 saturated carbocycles. The molecule has 4 nitrogen and oxygen atoms in total. The van der Waals surface area contributed by atoms with E-state index in [4.69, 9.17) is 11.6 Å². The molecule has 0 unspecified atom stereocenters. The third-order valence-corrected chi connectivity index (χ3v) is 4.41. The molecule has 25 heavy (non-hydrogen) atoms. The lowest BCUT2D eigenvalue weighted by Gasteiger charge is -2.18. The number of likely N-dealkylation sites (N-methyl/N-ethyl adjacent to an activating group) is 1. The monoisotopic (exact) mass is 358 g/mol. The number of carbonyl (C=O) groups is 2. The standard InChI is InChI=1S/C20H23ClN2O2/c1-3-15-8-5-7-11-18(15)22-19(24)14-23(2)20(25)13-12-16-9-4-6-10-17(16)21/h4-11H,3,12-14H2,1-2H3,(H,22,24). The van der Waals surface area contributed by atoms with E-state index in [1.807, 2.05) is 55.5 Å². The van der Waals surface area contributed by atoms with Crippen molar-refractivity contribution in [2.45, 2.75) is 26.2 Å². The van der Waals surface area contributed by atoms with Gasteiger partial charge in [0.25, 0.3) is 0 Å². The molecule has 0 spiro atoms. The summed E-state index contributed by atoms with van der Waals surface area (Å²) in [6, 6.07) is 15.1. The van der Waals surface area contributed by atoms with Crippen molar-refractivity contribution in [2.75, 3.05) is 18.9 Å². The molecule has 5 heteroatoms. The van der Waals surface area contributed by atoms with Crippen LogP contribution in [0.1, 0.15) is 24.5 Å². The smallest absolute Gasteiger partial charge is 0.243 e. The van der Waals surface area contributed by atoms with Gasteiger partial charge in [0.15, 0.2) is 0 Å². The Hall–Kier alpha value is -2.33. The first-order valence-electron chi connectivity index (χ1n) is 8.36. The summed E-state index contributed by atoms with van der Waals surface area (Å²) in [7, 11) is 1.64. The summed E-state index contributed by atoms with van der Waals surface area (Å²) in [5, 5.41) is 3.54. The highest BCUT2D eigenvalue weighted by Gasteiger charge is 2.14. The first-order valence-corrected chi connectivity index (χ1v) is 8.74. The predicted octanol–water partition coefficient (Wildman–Crippen LogP) is 3.93. The van der Waals surface area contributed by atoms with Gasteiger partial charge in [-0.2, -0.15) is 0 Å². The van der Waals surface area contributed by atoms with Crippen molar-refractivity contribution in [1.82, 2.24) is 4.90 Å². The molecule has 0 saturated heterocycles. The van der Waals surface area contributed by atoms with E-state index >= 15 is 0 Å². The number of rotatable bonds is 7. The third kappa shape index (κ3) is 5.61. The fourth-order valence-corrected chi connectivity index (χ4v) is 2.81. The molecule has 0 fully saturated rings. The normalized spacial score (nSPS) is 10.4. The summed E-state index contributed by atoms with van der Waals surface area (Å²) in [5.41, 5.74) is 2.81. The van der Waals surface area contributed by atoms with E-state index in [1.54, 1.807) is 7.05 Å². The van der Waals surface area contributed by atoms with Crippen LogP contribution in [0.15, 0.2) is 48.5 Å². The van der Waals surface area contributed by atoms with Crippen LogP contribution >= 0.6 is 11.6 Å². The van der Waals surface area contributed by atoms with Crippen molar-refractivity contribution in [1.29, 1.82) is 0 Å². The first-order chi connectivity index (χ1) is 12.0. The highest BCUT2D eigenvalue weighted by atomic mass is 35.5. The van der Waals surface area contributed by atoms with Crippen molar-refractivity contribution < 1.29 is 9.59 Å². The zero-order valence-electron chi connectivity index (χ0n) is 14.6. The van der Waals surface area contributed by atoms with Crippen molar-refractivity contribution in [3.63, 3.8) is 0 Å². The van der Waals surface area contributed by atoms with Gasteiger partial charge in [-0.3, -0.25) is 9.59 Å². The number of halogens is 1. The molecule has 0 aliphatic rings. The molecule has 2 amide bonds. The highest BCUT2D eigenvalue weighted by molar-refractivity contribution is 6.31. The molecule has 132 valence electrons. The highest BCUT2D eigenvalue weighted by Crippen LogP contribution is 2.17. The van der Waals surface area contributed by atoms with Gasteiger partial charge in [-0.1, -0.05) is 54.9 Å². The van der Waals surface area contributed by atoms with Crippen molar-refractivity contribution in [3.05, 3.63) is 64.7 Å². The second kappa shape index (κ2) is 9.23. The number of para-hydroxylation sites is 1. The van der Waals surface area contributed by atoms with Crippen LogP contribution in [0.5, 0.6) is 0 Å². The summed E-state index contributed by atoms with van der Waals surface area (Å²) in [4.78, 5) is 25.9. The molecular weight excluding hydrogens is 336 g/mol. The summed E-state index contributed by atoms with van der Waals surface area (Å²) < 4.78 is 0. The van der Waals surface area contributed by atoms with E-state index in [9.17, 15) is 9.59 Å². The maximum Gasteiger partial charge on any atom is 0.243 e. The predicted molar refractivity (Wildman–Crippen MR) is 102 cm³/mol. The molecule has 0 bridgehead atoms. The minimum Gasteiger partial charge on any atom is -0.336 e. The van der Waals surface area contributed by atoms with Crippen LogP contribution in [0.4, 0.5) is 5.69 Å². The molecule has 0 heterocycles. The zero-order chi connectivity index (χ0) is 18.2. The largest absolute Gasteiger partial charge is 0.336 e. The molecule has 1 N–H and O–H groups in total. The number of aryl methyl sites for hydroxylation is 2. The molecule has 2 aromatic carbocycles. The average Bonchev–Trinajstić information content (AvgIpc) is 2.61. The summed E-state index contributed by atoms with van der Waals surface area (Å²) in [6.45, 7) is 2.06. The van der Waals surface area contributed by atoms with Gasteiger partial charge in [-0.25, -0.2) is 0 Å². The van der Waals surface area contributed by atoms with Crippen molar-refractivity contribution >= 4 is 29.1 Å². The van der Waals surface area contributed by atoms with Crippen molar-refractivity contribution in [2.24, 2.45) is 0 Å². The van der Waals surface area contributed by atoms with Gasteiger partial charge in [0, 0.05) is 24.2 Å². The van der Waals surface area contributed by atoms with Gasteiger partial charge in [-0.05, 0) is 36.1 Å².